The second-order valence-corrected chi connectivity index (χ2v) is 6.68. The standard InChI is InChI=1S/C6H10I2O3S/c7-1-5-3-12(9,10)4-6(2-8)11-5/h5-6H,1-4H2. The molecule has 0 amide bonds. The molecule has 12 heavy (non-hydrogen) atoms. The molecular weight excluding hydrogens is 406 g/mol. The summed E-state index contributed by atoms with van der Waals surface area (Å²) in [6, 6.07) is 0. The lowest BCUT2D eigenvalue weighted by Crippen LogP contribution is -2.42. The number of sulfone groups is 1. The summed E-state index contributed by atoms with van der Waals surface area (Å²) in [6.07, 6.45) is -0.187. The summed E-state index contributed by atoms with van der Waals surface area (Å²) < 4.78 is 29.6. The van der Waals surface area contributed by atoms with Crippen LogP contribution in [0.15, 0.2) is 0 Å². The molecule has 0 aromatic heterocycles. The molecule has 2 atom stereocenters. The van der Waals surface area contributed by atoms with Gasteiger partial charge >= 0.3 is 0 Å². The molecule has 1 heterocycles. The molecule has 0 aliphatic carbocycles. The predicted octanol–water partition coefficient (Wildman–Crippen LogP) is 1.04. The van der Waals surface area contributed by atoms with Gasteiger partial charge < -0.3 is 4.74 Å². The van der Waals surface area contributed by atoms with Gasteiger partial charge in [-0.2, -0.15) is 0 Å². The first kappa shape index (κ1) is 11.4. The number of ether oxygens (including phenoxy) is 1. The Labute approximate surface area is 99.8 Å². The molecule has 1 fully saturated rings. The van der Waals surface area contributed by atoms with E-state index in [2.05, 4.69) is 45.2 Å². The summed E-state index contributed by atoms with van der Waals surface area (Å²) in [4.78, 5) is 0. The average molecular weight is 416 g/mol. The van der Waals surface area contributed by atoms with E-state index in [1.54, 1.807) is 0 Å². The van der Waals surface area contributed by atoms with E-state index in [0.717, 1.165) is 8.86 Å². The Morgan fingerprint density at radius 1 is 1.17 bits per heavy atom. The summed E-state index contributed by atoms with van der Waals surface area (Å²) in [5.41, 5.74) is 0. The van der Waals surface area contributed by atoms with Crippen LogP contribution >= 0.6 is 45.2 Å². The highest BCUT2D eigenvalue weighted by atomic mass is 127. The van der Waals surface area contributed by atoms with Crippen LogP contribution in [0.1, 0.15) is 0 Å². The third-order valence-electron chi connectivity index (χ3n) is 1.61. The molecule has 0 bridgehead atoms. The van der Waals surface area contributed by atoms with Gasteiger partial charge in [-0.1, -0.05) is 45.2 Å². The number of halogens is 2. The van der Waals surface area contributed by atoms with E-state index in [1.807, 2.05) is 0 Å². The molecule has 1 saturated heterocycles. The van der Waals surface area contributed by atoms with Crippen LogP contribution in [0.25, 0.3) is 0 Å². The van der Waals surface area contributed by atoms with Gasteiger partial charge in [0, 0.05) is 8.86 Å². The second-order valence-electron chi connectivity index (χ2n) is 2.77. The molecule has 1 aliphatic heterocycles. The molecule has 1 aliphatic rings. The van der Waals surface area contributed by atoms with Gasteiger partial charge in [-0.25, -0.2) is 8.42 Å². The molecule has 0 saturated carbocycles. The summed E-state index contributed by atoms with van der Waals surface area (Å²) in [5, 5.41) is 0. The summed E-state index contributed by atoms with van der Waals surface area (Å²) in [5.74, 6) is 0.395. The average Bonchev–Trinajstić information content (AvgIpc) is 2.01. The molecule has 6 heteroatoms. The van der Waals surface area contributed by atoms with Crippen molar-refractivity contribution >= 4 is 55.0 Å². The van der Waals surface area contributed by atoms with E-state index >= 15 is 0 Å². The molecular formula is C6H10I2O3S. The maximum atomic E-state index is 11.3. The van der Waals surface area contributed by atoms with Gasteiger partial charge in [0.25, 0.3) is 0 Å². The molecule has 0 N–H and O–H groups in total. The zero-order valence-corrected chi connectivity index (χ0v) is 11.5. The maximum absolute atomic E-state index is 11.3. The van der Waals surface area contributed by atoms with Crippen molar-refractivity contribution in [3.8, 4) is 0 Å². The fourth-order valence-electron chi connectivity index (χ4n) is 1.15. The third-order valence-corrected chi connectivity index (χ3v) is 5.33. The van der Waals surface area contributed by atoms with Gasteiger partial charge in [0.15, 0.2) is 9.84 Å². The van der Waals surface area contributed by atoms with Crippen LogP contribution in [0.2, 0.25) is 0 Å². The molecule has 0 radical (unpaired) electrons. The zero-order chi connectivity index (χ0) is 9.19. The van der Waals surface area contributed by atoms with E-state index in [9.17, 15) is 8.42 Å². The topological polar surface area (TPSA) is 43.4 Å². The summed E-state index contributed by atoms with van der Waals surface area (Å²) in [7, 11) is -2.84. The predicted molar refractivity (Wildman–Crippen MR) is 65.1 cm³/mol. The number of hydrogen-bond acceptors (Lipinski definition) is 3. The zero-order valence-electron chi connectivity index (χ0n) is 6.37. The van der Waals surface area contributed by atoms with E-state index in [0.29, 0.717) is 0 Å². The third kappa shape index (κ3) is 3.26. The van der Waals surface area contributed by atoms with Crippen molar-refractivity contribution in [3.63, 3.8) is 0 Å². The maximum Gasteiger partial charge on any atom is 0.155 e. The molecule has 0 spiro atoms. The van der Waals surface area contributed by atoms with Crippen molar-refractivity contribution in [2.24, 2.45) is 0 Å². The Morgan fingerprint density at radius 3 is 1.92 bits per heavy atom. The normalized spacial score (nSPS) is 34.8. The van der Waals surface area contributed by atoms with Crippen LogP contribution in [0.3, 0.4) is 0 Å². The lowest BCUT2D eigenvalue weighted by atomic mass is 10.4. The van der Waals surface area contributed by atoms with E-state index < -0.39 is 9.84 Å². The smallest absolute Gasteiger partial charge is 0.155 e. The summed E-state index contributed by atoms with van der Waals surface area (Å²) >= 11 is 4.32. The van der Waals surface area contributed by atoms with Gasteiger partial charge in [0.05, 0.1) is 23.7 Å². The Morgan fingerprint density at radius 2 is 1.58 bits per heavy atom. The Balaban J connectivity index is 2.66. The Hall–Kier alpha value is 1.37. The minimum atomic E-state index is -2.84. The van der Waals surface area contributed by atoms with Crippen LogP contribution in [-0.4, -0.2) is 41.0 Å². The first-order valence-electron chi connectivity index (χ1n) is 3.55. The Bertz CT molecular complexity index is 221. The van der Waals surface area contributed by atoms with Crippen molar-refractivity contribution < 1.29 is 13.2 Å². The van der Waals surface area contributed by atoms with E-state index in [4.69, 9.17) is 4.74 Å². The van der Waals surface area contributed by atoms with Crippen molar-refractivity contribution in [1.82, 2.24) is 0 Å². The van der Waals surface area contributed by atoms with Gasteiger partial charge in [-0.15, -0.1) is 0 Å². The second kappa shape index (κ2) is 4.74. The lowest BCUT2D eigenvalue weighted by Gasteiger charge is -2.27. The van der Waals surface area contributed by atoms with Crippen molar-refractivity contribution in [2.75, 3.05) is 20.4 Å². The van der Waals surface area contributed by atoms with Gasteiger partial charge in [0.1, 0.15) is 0 Å². The van der Waals surface area contributed by atoms with Crippen LogP contribution in [0.5, 0.6) is 0 Å². The lowest BCUT2D eigenvalue weighted by molar-refractivity contribution is 0.0342. The van der Waals surface area contributed by atoms with Crippen molar-refractivity contribution in [1.29, 1.82) is 0 Å². The van der Waals surface area contributed by atoms with Crippen molar-refractivity contribution in [3.05, 3.63) is 0 Å². The van der Waals surface area contributed by atoms with E-state index in [1.165, 1.54) is 0 Å². The van der Waals surface area contributed by atoms with Gasteiger partial charge in [0.2, 0.25) is 0 Å². The molecule has 0 aromatic rings. The number of rotatable bonds is 2. The molecule has 2 unspecified atom stereocenters. The van der Waals surface area contributed by atoms with Crippen LogP contribution in [-0.2, 0) is 14.6 Å². The Kier molecular flexibility index (Phi) is 4.52. The first-order valence-corrected chi connectivity index (χ1v) is 8.42. The van der Waals surface area contributed by atoms with Crippen LogP contribution in [0.4, 0.5) is 0 Å². The van der Waals surface area contributed by atoms with Crippen molar-refractivity contribution in [2.45, 2.75) is 12.2 Å². The van der Waals surface area contributed by atoms with E-state index in [-0.39, 0.29) is 23.7 Å². The SMILES string of the molecule is O=S1(=O)CC(CI)OC(CI)C1. The van der Waals surface area contributed by atoms with Gasteiger partial charge in [-0.05, 0) is 0 Å². The minimum Gasteiger partial charge on any atom is -0.371 e. The quantitative estimate of drug-likeness (QED) is 0.500. The monoisotopic (exact) mass is 416 g/mol. The number of alkyl halides is 2. The molecule has 1 rings (SSSR count). The number of hydrogen-bond donors (Lipinski definition) is 0. The summed E-state index contributed by atoms with van der Waals surface area (Å²) in [6.45, 7) is 0. The molecule has 0 aromatic carbocycles. The fraction of sp³-hybridized carbons (Fsp3) is 1.00. The fourth-order valence-corrected chi connectivity index (χ4v) is 4.69. The molecule has 72 valence electrons. The highest BCUT2D eigenvalue weighted by Crippen LogP contribution is 2.16. The highest BCUT2D eigenvalue weighted by molar-refractivity contribution is 14.1. The first-order chi connectivity index (χ1) is 5.57. The molecule has 3 nitrogen and oxygen atoms in total. The van der Waals surface area contributed by atoms with Crippen LogP contribution < -0.4 is 0 Å². The minimum absolute atomic E-state index is 0.0934. The highest BCUT2D eigenvalue weighted by Gasteiger charge is 2.30. The largest absolute Gasteiger partial charge is 0.371 e. The van der Waals surface area contributed by atoms with Gasteiger partial charge in [-0.3, -0.25) is 0 Å². The van der Waals surface area contributed by atoms with Crippen LogP contribution in [0, 0.1) is 0 Å².